The van der Waals surface area contributed by atoms with Gasteiger partial charge in [-0.05, 0) is 5.53 Å². The van der Waals surface area contributed by atoms with Crippen LogP contribution < -0.4 is 0 Å². The van der Waals surface area contributed by atoms with E-state index in [4.69, 9.17) is 8.50 Å². The van der Waals surface area contributed by atoms with Gasteiger partial charge in [-0.15, -0.1) is 0 Å². The first-order valence-corrected chi connectivity index (χ1v) is 2.39. The molecule has 0 aromatic heterocycles. The number of carbonyl (C=O) groups excluding carboxylic acids is 1. The molecule has 0 aromatic rings. The summed E-state index contributed by atoms with van der Waals surface area (Å²) in [5.41, 5.74) is 7.78. The number of carbonyl (C=O) groups is 1. The highest BCUT2D eigenvalue weighted by Gasteiger charge is 1.98. The third kappa shape index (κ3) is 3.37. The van der Waals surface area contributed by atoms with E-state index in [0.29, 0.717) is 0 Å². The predicted octanol–water partition coefficient (Wildman–Crippen LogP) is 0.631. The van der Waals surface area contributed by atoms with Crippen molar-refractivity contribution in [2.75, 3.05) is 20.6 Å². The third-order valence-electron chi connectivity index (χ3n) is 0.768. The Hall–Kier alpha value is -1.22. The third-order valence-corrected chi connectivity index (χ3v) is 0.768. The van der Waals surface area contributed by atoms with E-state index >= 15 is 0 Å². The second kappa shape index (κ2) is 3.74. The molecule has 1 amide bonds. The van der Waals surface area contributed by atoms with Crippen LogP contribution in [0.25, 0.3) is 10.4 Å². The van der Waals surface area contributed by atoms with Gasteiger partial charge in [0.1, 0.15) is 6.54 Å². The quantitative estimate of drug-likeness (QED) is 0.308. The first kappa shape index (κ1) is 5.91. The minimum Gasteiger partial charge on any atom is -0.349 e. The number of hydrogen-bond acceptors (Lipinski definition) is 2. The van der Waals surface area contributed by atoms with Crippen LogP contribution in [0, 0.1) is 0 Å². The molecule has 9 heavy (non-hydrogen) atoms. The van der Waals surface area contributed by atoms with Crippen molar-refractivity contribution >= 4 is 5.91 Å². The van der Waals surface area contributed by atoms with Gasteiger partial charge < -0.3 is 4.90 Å². The summed E-state index contributed by atoms with van der Waals surface area (Å²) in [6.45, 7) is -0.0938. The standard InChI is InChI=1S/C4H8N4O.H2/c1-8(2)4(9)3-6-7-5;/h3H2,1-2H3;1H/i;1+1D. The fraction of sp³-hybridized carbons (Fsp3) is 0.750. The van der Waals surface area contributed by atoms with E-state index in [1.807, 2.05) is 0 Å². The average molecular weight is 132 g/mol. The van der Waals surface area contributed by atoms with Gasteiger partial charge in [-0.25, -0.2) is 0 Å². The molecule has 0 saturated heterocycles. The lowest BCUT2D eigenvalue weighted by atomic mass is 10.6. The summed E-state index contributed by atoms with van der Waals surface area (Å²) in [5, 5.41) is 3.08. The molecule has 0 atom stereocenters. The maximum absolute atomic E-state index is 10.6. The molecule has 0 unspecified atom stereocenters. The monoisotopic (exact) mass is 132 g/mol. The van der Waals surface area contributed by atoms with Crippen LogP contribution in [-0.4, -0.2) is 31.4 Å². The van der Waals surface area contributed by atoms with E-state index in [9.17, 15) is 4.79 Å². The predicted molar refractivity (Wildman–Crippen MR) is 34.8 cm³/mol. The molecule has 0 heterocycles. The normalized spacial score (nSPS) is 8.67. The number of amides is 1. The Morgan fingerprint density at radius 2 is 2.56 bits per heavy atom. The molecule has 0 spiro atoms. The van der Waals surface area contributed by atoms with Crippen molar-refractivity contribution in [1.29, 1.82) is 0 Å². The van der Waals surface area contributed by atoms with Crippen molar-refractivity contribution in [3.05, 3.63) is 10.4 Å². The van der Waals surface area contributed by atoms with Crippen LogP contribution in [0.1, 0.15) is 2.97 Å². The summed E-state index contributed by atoms with van der Waals surface area (Å²) < 4.78 is 10.0. The summed E-state index contributed by atoms with van der Waals surface area (Å²) in [4.78, 5) is 14.4. The molecule has 0 saturated carbocycles. The zero-order valence-corrected chi connectivity index (χ0v) is 5.40. The van der Waals surface area contributed by atoms with Crippen LogP contribution in [0.15, 0.2) is 5.11 Å². The molecule has 0 radical (unpaired) electrons. The van der Waals surface area contributed by atoms with E-state index in [1.54, 1.807) is 14.1 Å². The fourth-order valence-electron chi connectivity index (χ4n) is 0.234. The molecule has 0 aromatic carbocycles. The Bertz CT molecular complexity index is 154. The highest BCUT2D eigenvalue weighted by Crippen LogP contribution is 1.79. The minimum absolute atomic E-state index is 0.0938. The Labute approximate surface area is 56.0 Å². The molecule has 0 aliphatic carbocycles. The molecule has 0 bridgehead atoms. The van der Waals surface area contributed by atoms with Crippen molar-refractivity contribution in [1.82, 2.24) is 4.90 Å². The van der Waals surface area contributed by atoms with Gasteiger partial charge in [0.25, 0.3) is 0 Å². The number of hydrogen-bond donors (Lipinski definition) is 0. The average Bonchev–Trinajstić information content (AvgIpc) is 2.03. The number of nitrogens with zero attached hydrogens (tertiary/aromatic N) is 4. The van der Waals surface area contributed by atoms with Crippen LogP contribution >= 0.6 is 0 Å². The summed E-state index contributed by atoms with van der Waals surface area (Å²) in [6.07, 6.45) is 0. The lowest BCUT2D eigenvalue weighted by molar-refractivity contribution is -0.127. The molecule has 0 aliphatic rings. The van der Waals surface area contributed by atoms with Gasteiger partial charge in [0, 0.05) is 22.0 Å². The highest BCUT2D eigenvalue weighted by atomic mass is 16.2. The van der Waals surface area contributed by atoms with Crippen LogP contribution in [0.3, 0.4) is 0 Å². The Kier molecular flexibility index (Phi) is 2.46. The van der Waals surface area contributed by atoms with Gasteiger partial charge in [0.2, 0.25) is 5.91 Å². The molecule has 5 nitrogen and oxygen atoms in total. The highest BCUT2D eigenvalue weighted by molar-refractivity contribution is 5.77. The van der Waals surface area contributed by atoms with Gasteiger partial charge >= 0.3 is 0 Å². The number of rotatable bonds is 2. The van der Waals surface area contributed by atoms with Gasteiger partial charge in [0.05, 0.1) is 0 Å². The van der Waals surface area contributed by atoms with Crippen LogP contribution in [0.5, 0.6) is 0 Å². The van der Waals surface area contributed by atoms with Crippen molar-refractivity contribution in [3.63, 3.8) is 0 Å². The number of azide groups is 1. The smallest absolute Gasteiger partial charge is 0.227 e. The van der Waals surface area contributed by atoms with Gasteiger partial charge in [-0.3, -0.25) is 4.79 Å². The Morgan fingerprint density at radius 3 is 2.89 bits per heavy atom. The van der Waals surface area contributed by atoms with E-state index in [-0.39, 0.29) is 12.5 Å². The molecule has 52 valence electrons. The van der Waals surface area contributed by atoms with Gasteiger partial charge in [-0.2, -0.15) is 0 Å². The topological polar surface area (TPSA) is 69.1 Å². The van der Waals surface area contributed by atoms with Crippen molar-refractivity contribution in [3.8, 4) is 0 Å². The Morgan fingerprint density at radius 1 is 2.00 bits per heavy atom. The molecule has 0 rings (SSSR count). The van der Waals surface area contributed by atoms with Crippen molar-refractivity contribution in [2.24, 2.45) is 5.11 Å². The van der Waals surface area contributed by atoms with Crippen LogP contribution in [-0.2, 0) is 4.79 Å². The van der Waals surface area contributed by atoms with E-state index in [2.05, 4.69) is 10.0 Å². The molecule has 0 fully saturated rings. The van der Waals surface area contributed by atoms with E-state index < -0.39 is 0 Å². The first-order chi connectivity index (χ1) is 5.18. The van der Waals surface area contributed by atoms with Gasteiger partial charge in [0.15, 0.2) is 0 Å². The summed E-state index contributed by atoms with van der Waals surface area (Å²) in [5.74, 6) is -0.187. The Balaban J connectivity index is 0. The van der Waals surface area contributed by atoms with Crippen LogP contribution in [0.2, 0.25) is 0 Å². The summed E-state index contributed by atoms with van der Waals surface area (Å²) in [6, 6.07) is 0. The minimum atomic E-state index is -0.187. The fourth-order valence-corrected chi connectivity index (χ4v) is 0.234. The summed E-state index contributed by atoms with van der Waals surface area (Å²) in [7, 11) is 3.21. The van der Waals surface area contributed by atoms with Crippen LogP contribution in [0.4, 0.5) is 0 Å². The molecule has 0 aliphatic heterocycles. The summed E-state index contributed by atoms with van der Waals surface area (Å²) >= 11 is 0. The SMILES string of the molecule is CN(C)C(=O)CN=[N+]=[N-].[2H][2H]. The lowest BCUT2D eigenvalue weighted by Gasteiger charge is -2.05. The second-order valence-corrected chi connectivity index (χ2v) is 1.68. The largest absolute Gasteiger partial charge is 0.349 e. The maximum atomic E-state index is 10.6. The van der Waals surface area contributed by atoms with Gasteiger partial charge in [-0.1, -0.05) is 5.11 Å². The zero-order valence-electron chi connectivity index (χ0n) is 7.40. The lowest BCUT2D eigenvalue weighted by Crippen LogP contribution is -2.23. The first-order valence-electron chi connectivity index (χ1n) is 3.39. The molecule has 5 heteroatoms. The van der Waals surface area contributed by atoms with E-state index in [1.165, 1.54) is 4.90 Å². The van der Waals surface area contributed by atoms with E-state index in [0.717, 1.165) is 0 Å². The molecule has 0 N–H and O–H groups in total. The van der Waals surface area contributed by atoms with Crippen molar-refractivity contribution in [2.45, 2.75) is 0 Å². The molecular formula is C4H10N4O. The maximum Gasteiger partial charge on any atom is 0.227 e. The zero-order chi connectivity index (χ0) is 9.28. The van der Waals surface area contributed by atoms with Crippen molar-refractivity contribution < 1.29 is 7.76 Å². The number of likely N-dealkylation sites (N-methyl/N-ethyl adjacent to an activating group) is 1. The molecular weight excluding hydrogens is 120 g/mol. The second-order valence-electron chi connectivity index (χ2n) is 1.68.